The fourth-order valence-corrected chi connectivity index (χ4v) is 12.2. The predicted molar refractivity (Wildman–Crippen MR) is 374 cm³/mol. The molecule has 19 heteroatoms. The number of nitrogens with one attached hydrogen (secondary N) is 1. The van der Waals surface area contributed by atoms with Crippen LogP contribution in [0.3, 0.4) is 0 Å². The Morgan fingerprint density at radius 2 is 0.737 bits per heavy atom. The number of carbonyl (C=O) groups is 1. The Morgan fingerprint density at radius 3 is 1.18 bits per heavy atom. The number of rotatable bonds is 57. The second kappa shape index (κ2) is 56.7. The maximum atomic E-state index is 13.4. The zero-order chi connectivity index (χ0) is 68.9. The van der Waals surface area contributed by atoms with Gasteiger partial charge in [0.2, 0.25) is 5.91 Å². The van der Waals surface area contributed by atoms with E-state index < -0.39 is 124 Å². The van der Waals surface area contributed by atoms with Crippen molar-refractivity contribution in [2.45, 2.75) is 362 Å². The minimum atomic E-state index is -1.98. The molecule has 12 N–H and O–H groups in total. The third kappa shape index (κ3) is 37.8. The Kier molecular flexibility index (Phi) is 51.4. The van der Waals surface area contributed by atoms with E-state index in [1.807, 2.05) is 6.08 Å². The summed E-state index contributed by atoms with van der Waals surface area (Å²) in [5.74, 6) is -0.286. The van der Waals surface area contributed by atoms with Crippen molar-refractivity contribution in [2.24, 2.45) is 0 Å². The van der Waals surface area contributed by atoms with E-state index in [4.69, 9.17) is 28.4 Å². The van der Waals surface area contributed by atoms with Crippen molar-refractivity contribution in [3.63, 3.8) is 0 Å². The first-order chi connectivity index (χ1) is 46.3. The Balaban J connectivity index is 1.37. The number of amides is 1. The van der Waals surface area contributed by atoms with Crippen molar-refractivity contribution in [1.82, 2.24) is 5.32 Å². The normalized spacial score (nSPS) is 27.7. The Morgan fingerprint density at radius 1 is 0.389 bits per heavy atom. The summed E-state index contributed by atoms with van der Waals surface area (Å²) in [7, 11) is 0. The van der Waals surface area contributed by atoms with Gasteiger partial charge in [-0.1, -0.05) is 259 Å². The standard InChI is InChI=1S/C76H133NO18/c1-3-5-7-9-11-13-15-17-19-21-22-23-24-25-26-27-28-29-30-31-32-33-34-35-36-38-40-42-44-46-48-50-52-54-64(82)77-59(60(81)53-51-49-47-45-43-41-39-37-20-18-16-14-12-10-8-6-4-2)58-90-74-70(88)67(85)72(62(56-79)92-74)95-76-71(89)68(86)73(63(57-80)93-76)94-75-69(87)66(84)65(83)61(55-78)91-75/h5,7,11,13,17,19,22-23,25-26,43,45,51,53,59-63,65-76,78-81,83-89H,3-4,6,8-10,12,14-16,18,20-21,24,27-42,44,46-50,52,54-58H2,1-2H3,(H,77,82)/b7-5-,13-11-,19-17-,23-22-,26-25-,45-43+,53-51+. The van der Waals surface area contributed by atoms with E-state index in [-0.39, 0.29) is 18.9 Å². The molecule has 19 nitrogen and oxygen atoms in total. The average molecular weight is 1350 g/mol. The number of hydrogen-bond acceptors (Lipinski definition) is 18. The molecule has 3 fully saturated rings. The lowest BCUT2D eigenvalue weighted by Crippen LogP contribution is -2.66. The Bertz CT molecular complexity index is 2050. The summed E-state index contributed by atoms with van der Waals surface area (Å²) in [6.07, 6.45) is 47.1. The molecule has 0 aromatic heterocycles. The smallest absolute Gasteiger partial charge is 0.220 e. The van der Waals surface area contributed by atoms with E-state index in [1.54, 1.807) is 6.08 Å². The topological polar surface area (TPSA) is 307 Å². The number of unbranched alkanes of at least 4 members (excludes halogenated alkanes) is 29. The molecule has 0 radical (unpaired) electrons. The van der Waals surface area contributed by atoms with Crippen LogP contribution in [0.1, 0.15) is 258 Å². The fourth-order valence-electron chi connectivity index (χ4n) is 12.2. The van der Waals surface area contributed by atoms with Crippen molar-refractivity contribution >= 4 is 5.91 Å². The van der Waals surface area contributed by atoms with Crippen LogP contribution in [0, 0.1) is 0 Å². The molecule has 95 heavy (non-hydrogen) atoms. The highest BCUT2D eigenvalue weighted by atomic mass is 16.8. The summed E-state index contributed by atoms with van der Waals surface area (Å²) in [6, 6.07) is -0.993. The van der Waals surface area contributed by atoms with Crippen LogP contribution in [0.5, 0.6) is 0 Å². The monoisotopic (exact) mass is 1350 g/mol. The number of allylic oxidation sites excluding steroid dienone is 13. The van der Waals surface area contributed by atoms with Crippen LogP contribution in [0.25, 0.3) is 0 Å². The average Bonchev–Trinajstić information content (AvgIpc) is 0.786. The molecule has 3 saturated heterocycles. The second-order valence-electron chi connectivity index (χ2n) is 26.4. The molecule has 17 atom stereocenters. The van der Waals surface area contributed by atoms with Gasteiger partial charge in [-0.25, -0.2) is 0 Å². The zero-order valence-corrected chi connectivity index (χ0v) is 58.4. The zero-order valence-electron chi connectivity index (χ0n) is 58.4. The van der Waals surface area contributed by atoms with E-state index in [9.17, 15) is 61.0 Å². The van der Waals surface area contributed by atoms with Crippen LogP contribution in [-0.2, 0) is 33.2 Å². The first kappa shape index (κ1) is 86.2. The fraction of sp³-hybridized carbons (Fsp3) is 0.803. The maximum absolute atomic E-state index is 13.4. The third-order valence-electron chi connectivity index (χ3n) is 18.2. The van der Waals surface area contributed by atoms with Crippen LogP contribution < -0.4 is 5.32 Å². The van der Waals surface area contributed by atoms with Gasteiger partial charge in [-0.3, -0.25) is 4.79 Å². The molecule has 3 aliphatic heterocycles. The van der Waals surface area contributed by atoms with Crippen LogP contribution in [0.15, 0.2) is 85.1 Å². The lowest BCUT2D eigenvalue weighted by molar-refractivity contribution is -0.379. The predicted octanol–water partition coefficient (Wildman–Crippen LogP) is 11.1. The summed E-state index contributed by atoms with van der Waals surface area (Å²) in [5, 5.41) is 121. The summed E-state index contributed by atoms with van der Waals surface area (Å²) in [6.45, 7) is 1.61. The van der Waals surface area contributed by atoms with Gasteiger partial charge >= 0.3 is 0 Å². The largest absolute Gasteiger partial charge is 0.394 e. The summed E-state index contributed by atoms with van der Waals surface area (Å²) in [5.41, 5.74) is 0. The Labute approximate surface area is 571 Å². The van der Waals surface area contributed by atoms with Gasteiger partial charge < -0.3 is 89.9 Å². The molecule has 3 heterocycles. The van der Waals surface area contributed by atoms with Crippen LogP contribution in [-0.4, -0.2) is 193 Å². The van der Waals surface area contributed by atoms with Gasteiger partial charge in [0.1, 0.15) is 73.2 Å². The van der Waals surface area contributed by atoms with Crippen molar-refractivity contribution < 1.29 is 89.4 Å². The number of carbonyl (C=O) groups excluding carboxylic acids is 1. The molecule has 3 rings (SSSR count). The molecular formula is C76H133NO18. The van der Waals surface area contributed by atoms with E-state index in [0.29, 0.717) is 12.8 Å². The van der Waals surface area contributed by atoms with Gasteiger partial charge in [-0.15, -0.1) is 0 Å². The van der Waals surface area contributed by atoms with E-state index in [0.717, 1.165) is 70.6 Å². The lowest BCUT2D eigenvalue weighted by atomic mass is 9.96. The van der Waals surface area contributed by atoms with Gasteiger partial charge in [0, 0.05) is 6.42 Å². The van der Waals surface area contributed by atoms with Gasteiger partial charge in [-0.05, 0) is 77.0 Å². The molecule has 550 valence electrons. The Hall–Kier alpha value is -3.03. The second-order valence-corrected chi connectivity index (χ2v) is 26.4. The van der Waals surface area contributed by atoms with Gasteiger partial charge in [-0.2, -0.15) is 0 Å². The van der Waals surface area contributed by atoms with Gasteiger partial charge in [0.05, 0.1) is 38.6 Å². The number of hydrogen-bond donors (Lipinski definition) is 12. The first-order valence-electron chi connectivity index (χ1n) is 37.3. The van der Waals surface area contributed by atoms with Crippen LogP contribution in [0.2, 0.25) is 0 Å². The number of aliphatic hydroxyl groups excluding tert-OH is 11. The van der Waals surface area contributed by atoms with Crippen molar-refractivity contribution in [3.8, 4) is 0 Å². The molecule has 0 aliphatic carbocycles. The highest BCUT2D eigenvalue weighted by Crippen LogP contribution is 2.33. The summed E-state index contributed by atoms with van der Waals surface area (Å²) >= 11 is 0. The third-order valence-corrected chi connectivity index (χ3v) is 18.2. The van der Waals surface area contributed by atoms with Crippen LogP contribution in [0.4, 0.5) is 0 Å². The minimum absolute atomic E-state index is 0.233. The highest BCUT2D eigenvalue weighted by Gasteiger charge is 2.53. The lowest BCUT2D eigenvalue weighted by Gasteiger charge is -2.48. The van der Waals surface area contributed by atoms with Crippen molar-refractivity contribution in [2.75, 3.05) is 26.4 Å². The minimum Gasteiger partial charge on any atom is -0.394 e. The maximum Gasteiger partial charge on any atom is 0.220 e. The van der Waals surface area contributed by atoms with Crippen LogP contribution >= 0.6 is 0 Å². The molecule has 3 aliphatic rings. The molecular weight excluding hydrogens is 1210 g/mol. The summed E-state index contributed by atoms with van der Waals surface area (Å²) < 4.78 is 34.4. The molecule has 0 bridgehead atoms. The molecule has 0 spiro atoms. The number of ether oxygens (including phenoxy) is 6. The quantitative estimate of drug-likeness (QED) is 0.0199. The molecule has 0 aromatic carbocycles. The molecule has 0 saturated carbocycles. The summed E-state index contributed by atoms with van der Waals surface area (Å²) in [4.78, 5) is 13.4. The van der Waals surface area contributed by atoms with Gasteiger partial charge in [0.25, 0.3) is 0 Å². The van der Waals surface area contributed by atoms with E-state index in [1.165, 1.54) is 154 Å². The highest BCUT2D eigenvalue weighted by molar-refractivity contribution is 5.76. The molecule has 0 aromatic rings. The molecule has 17 unspecified atom stereocenters. The van der Waals surface area contributed by atoms with Gasteiger partial charge in [0.15, 0.2) is 18.9 Å². The molecule has 1 amide bonds. The van der Waals surface area contributed by atoms with Crippen molar-refractivity contribution in [1.29, 1.82) is 0 Å². The SMILES string of the molecule is CC/C=C\C/C=C\C/C=C\C/C=C\C/C=C\CCCCCCCCCCCCCCCCCCCC(=O)NC(COC1OC(CO)C(OC2OC(CO)C(OC3OC(CO)C(O)C(O)C3O)C(O)C2O)C(O)C1O)C(O)/C=C/CC/C=C/CCCCCCCCCCCCC. The first-order valence-corrected chi connectivity index (χ1v) is 37.3. The van der Waals surface area contributed by atoms with E-state index in [2.05, 4.69) is 92.1 Å². The van der Waals surface area contributed by atoms with Crippen molar-refractivity contribution in [3.05, 3.63) is 85.1 Å². The van der Waals surface area contributed by atoms with E-state index >= 15 is 0 Å². The number of aliphatic hydroxyl groups is 11.